The maximum absolute atomic E-state index is 9.25. The summed E-state index contributed by atoms with van der Waals surface area (Å²) in [5.74, 6) is -0.981. The molecule has 1 atom stereocenters. The SMILES string of the molecule is C=CC(=O)O.Cl.P. The fraction of sp³-hybridized carbons (Fsp3) is 0. The van der Waals surface area contributed by atoms with Crippen molar-refractivity contribution in [2.24, 2.45) is 0 Å². The van der Waals surface area contributed by atoms with Crippen molar-refractivity contribution in [1.82, 2.24) is 0 Å². The minimum Gasteiger partial charge on any atom is -0.478 e. The van der Waals surface area contributed by atoms with Crippen LogP contribution in [0.1, 0.15) is 0 Å². The third kappa shape index (κ3) is 24.6. The van der Waals surface area contributed by atoms with Gasteiger partial charge in [-0.15, -0.1) is 12.4 Å². The molecule has 0 spiro atoms. The van der Waals surface area contributed by atoms with E-state index in [1.807, 2.05) is 0 Å². The van der Waals surface area contributed by atoms with Crippen LogP contribution >= 0.6 is 22.3 Å². The van der Waals surface area contributed by atoms with Crippen LogP contribution in [0.5, 0.6) is 0 Å². The van der Waals surface area contributed by atoms with Crippen LogP contribution in [0.15, 0.2) is 12.7 Å². The molecule has 0 amide bonds. The highest BCUT2D eigenvalue weighted by Gasteiger charge is 1.73. The first kappa shape index (κ1) is 15.8. The third-order valence-electron chi connectivity index (χ3n) is 0.175. The Balaban J connectivity index is -0.0000000800. The number of carbonyl (C=O) groups is 1. The first-order valence-corrected chi connectivity index (χ1v) is 1.12. The van der Waals surface area contributed by atoms with E-state index in [0.29, 0.717) is 0 Å². The van der Waals surface area contributed by atoms with E-state index in [0.717, 1.165) is 6.08 Å². The maximum atomic E-state index is 9.25. The van der Waals surface area contributed by atoms with Crippen molar-refractivity contribution in [3.8, 4) is 0 Å². The summed E-state index contributed by atoms with van der Waals surface area (Å²) in [6.07, 6.45) is 0.833. The van der Waals surface area contributed by atoms with Gasteiger partial charge in [-0.05, 0) is 0 Å². The van der Waals surface area contributed by atoms with E-state index < -0.39 is 5.97 Å². The van der Waals surface area contributed by atoms with Gasteiger partial charge in [0.15, 0.2) is 0 Å². The molecule has 1 unspecified atom stereocenters. The number of rotatable bonds is 1. The van der Waals surface area contributed by atoms with Gasteiger partial charge < -0.3 is 5.11 Å². The average molecular weight is 143 g/mol. The zero-order valence-corrected chi connectivity index (χ0v) is 5.99. The molecule has 0 aliphatic rings. The maximum Gasteiger partial charge on any atom is 0.327 e. The average Bonchev–Trinajstić information content (AvgIpc) is 1.38. The third-order valence-corrected chi connectivity index (χ3v) is 0.175. The molecule has 1 N–H and O–H groups in total. The summed E-state index contributed by atoms with van der Waals surface area (Å²) < 4.78 is 0. The molecule has 0 aliphatic heterocycles. The van der Waals surface area contributed by atoms with E-state index in [-0.39, 0.29) is 22.3 Å². The molecule has 0 heterocycles. The molecular formula is C3H8ClO2P. The Kier molecular flexibility index (Phi) is 21.0. The lowest BCUT2D eigenvalue weighted by Crippen LogP contribution is -1.82. The summed E-state index contributed by atoms with van der Waals surface area (Å²) in [5, 5.41) is 7.60. The Morgan fingerprint density at radius 2 is 1.86 bits per heavy atom. The number of halogens is 1. The number of hydrogen-bond donors (Lipinski definition) is 1. The van der Waals surface area contributed by atoms with Crippen LogP contribution in [0.25, 0.3) is 0 Å². The van der Waals surface area contributed by atoms with Gasteiger partial charge in [-0.2, -0.15) is 9.90 Å². The van der Waals surface area contributed by atoms with Gasteiger partial charge in [-0.25, -0.2) is 4.79 Å². The Morgan fingerprint density at radius 3 is 1.86 bits per heavy atom. The van der Waals surface area contributed by atoms with Gasteiger partial charge in [0.1, 0.15) is 0 Å². The van der Waals surface area contributed by atoms with Crippen LogP contribution in [0, 0.1) is 0 Å². The normalized spacial score (nSPS) is 4.57. The van der Waals surface area contributed by atoms with E-state index in [1.54, 1.807) is 0 Å². The number of carboxylic acid groups (broad SMARTS) is 1. The van der Waals surface area contributed by atoms with Gasteiger partial charge >= 0.3 is 5.97 Å². The molecule has 0 rings (SSSR count). The molecule has 0 aromatic rings. The molecule has 0 radical (unpaired) electrons. The standard InChI is InChI=1S/C3H4O2.ClH.H3P/c1-2-3(4)5;;/h2H,1H2,(H,4,5);1H;1H3. The zero-order chi connectivity index (χ0) is 4.28. The largest absolute Gasteiger partial charge is 0.478 e. The van der Waals surface area contributed by atoms with Crippen molar-refractivity contribution in [3.05, 3.63) is 12.7 Å². The van der Waals surface area contributed by atoms with E-state index in [4.69, 9.17) is 5.11 Å². The molecular weight excluding hydrogens is 134 g/mol. The first-order valence-electron chi connectivity index (χ1n) is 1.12. The Bertz CT molecular complexity index is 64.0. The molecule has 0 saturated carbocycles. The van der Waals surface area contributed by atoms with E-state index in [9.17, 15) is 4.79 Å². The smallest absolute Gasteiger partial charge is 0.327 e. The second kappa shape index (κ2) is 9.33. The Hall–Kier alpha value is -0.0700. The highest BCUT2D eigenvalue weighted by atomic mass is 35.5. The van der Waals surface area contributed by atoms with Crippen LogP contribution in [0.3, 0.4) is 0 Å². The summed E-state index contributed by atoms with van der Waals surface area (Å²) >= 11 is 0. The van der Waals surface area contributed by atoms with Crippen LogP contribution in [-0.2, 0) is 4.79 Å². The topological polar surface area (TPSA) is 37.3 Å². The molecule has 0 fully saturated rings. The molecule has 4 heteroatoms. The van der Waals surface area contributed by atoms with Gasteiger partial charge in [0, 0.05) is 6.08 Å². The van der Waals surface area contributed by atoms with Crippen molar-refractivity contribution >= 4 is 28.3 Å². The van der Waals surface area contributed by atoms with Crippen LogP contribution in [0.4, 0.5) is 0 Å². The summed E-state index contributed by atoms with van der Waals surface area (Å²) in [6.45, 7) is 2.96. The second-order valence-electron chi connectivity index (χ2n) is 0.542. The quantitative estimate of drug-likeness (QED) is 0.433. The molecule has 0 bridgehead atoms. The van der Waals surface area contributed by atoms with Crippen molar-refractivity contribution < 1.29 is 9.90 Å². The summed E-state index contributed by atoms with van der Waals surface area (Å²) in [6, 6.07) is 0. The van der Waals surface area contributed by atoms with Crippen molar-refractivity contribution in [2.75, 3.05) is 0 Å². The number of carboxylic acids is 1. The lowest BCUT2D eigenvalue weighted by molar-refractivity contribution is -0.131. The minimum absolute atomic E-state index is 0. The summed E-state index contributed by atoms with van der Waals surface area (Å²) in [7, 11) is 0. The van der Waals surface area contributed by atoms with Gasteiger partial charge in [-0.3, -0.25) is 0 Å². The molecule has 44 valence electrons. The van der Waals surface area contributed by atoms with E-state index in [1.165, 1.54) is 0 Å². The Morgan fingerprint density at radius 1 is 1.71 bits per heavy atom. The van der Waals surface area contributed by atoms with Gasteiger partial charge in [0.05, 0.1) is 0 Å². The molecule has 2 nitrogen and oxygen atoms in total. The lowest BCUT2D eigenvalue weighted by atomic mass is 10.7. The number of hydrogen-bond acceptors (Lipinski definition) is 1. The lowest BCUT2D eigenvalue weighted by Gasteiger charge is -1.64. The van der Waals surface area contributed by atoms with Gasteiger partial charge in [-0.1, -0.05) is 6.58 Å². The number of aliphatic carboxylic acids is 1. The second-order valence-corrected chi connectivity index (χ2v) is 0.542. The molecule has 0 aromatic carbocycles. The van der Waals surface area contributed by atoms with Gasteiger partial charge in [0.25, 0.3) is 0 Å². The van der Waals surface area contributed by atoms with E-state index in [2.05, 4.69) is 6.58 Å². The monoisotopic (exact) mass is 142 g/mol. The highest BCUT2D eigenvalue weighted by Crippen LogP contribution is 1.54. The molecule has 7 heavy (non-hydrogen) atoms. The summed E-state index contributed by atoms with van der Waals surface area (Å²) in [5.41, 5.74) is 0. The zero-order valence-electron chi connectivity index (χ0n) is 3.76. The predicted molar refractivity (Wildman–Crippen MR) is 36.2 cm³/mol. The summed E-state index contributed by atoms with van der Waals surface area (Å²) in [4.78, 5) is 9.25. The van der Waals surface area contributed by atoms with Gasteiger partial charge in [0.2, 0.25) is 0 Å². The first-order chi connectivity index (χ1) is 2.27. The minimum atomic E-state index is -0.981. The van der Waals surface area contributed by atoms with E-state index >= 15 is 0 Å². The Labute approximate surface area is 51.6 Å². The van der Waals surface area contributed by atoms with Crippen molar-refractivity contribution in [2.45, 2.75) is 0 Å². The molecule has 0 saturated heterocycles. The fourth-order valence-electron chi connectivity index (χ4n) is 0. The molecule has 0 aromatic heterocycles. The molecule has 0 aliphatic carbocycles. The van der Waals surface area contributed by atoms with Crippen LogP contribution in [-0.4, -0.2) is 11.1 Å². The highest BCUT2D eigenvalue weighted by molar-refractivity contribution is 6.92. The predicted octanol–water partition coefficient (Wildman–Crippen LogP) is 0.737. The van der Waals surface area contributed by atoms with Crippen molar-refractivity contribution in [1.29, 1.82) is 0 Å². The van der Waals surface area contributed by atoms with Crippen molar-refractivity contribution in [3.63, 3.8) is 0 Å². The fourth-order valence-corrected chi connectivity index (χ4v) is 0. The van der Waals surface area contributed by atoms with Crippen LogP contribution < -0.4 is 0 Å². The van der Waals surface area contributed by atoms with Crippen LogP contribution in [0.2, 0.25) is 0 Å².